The highest BCUT2D eigenvalue weighted by atomic mass is 79.9. The highest BCUT2D eigenvalue weighted by Gasteiger charge is 2.13. The molecule has 0 aromatic carbocycles. The average molecular weight is 290 g/mol. The number of methoxy groups -OCH3 is 1. The molecule has 1 aromatic rings. The topological polar surface area (TPSA) is 91.3 Å². The van der Waals surface area contributed by atoms with Crippen molar-refractivity contribution in [3.63, 3.8) is 0 Å². The van der Waals surface area contributed by atoms with Gasteiger partial charge in [0.15, 0.2) is 0 Å². The van der Waals surface area contributed by atoms with E-state index in [-0.39, 0.29) is 11.7 Å². The summed E-state index contributed by atoms with van der Waals surface area (Å²) in [5, 5.41) is 10.5. The second-order valence-corrected chi connectivity index (χ2v) is 4.15. The van der Waals surface area contributed by atoms with Crippen LogP contribution in [-0.4, -0.2) is 29.7 Å². The molecule has 2 N–H and O–H groups in total. The number of hydrogen-bond acceptors (Lipinski definition) is 5. The summed E-state index contributed by atoms with van der Waals surface area (Å²) in [7, 11) is 1.57. The quantitative estimate of drug-likeness (QED) is 0.651. The molecule has 0 bridgehead atoms. The Balaban J connectivity index is 2.79. The summed E-state index contributed by atoms with van der Waals surface area (Å²) < 4.78 is 5.49. The third-order valence-electron chi connectivity index (χ3n) is 1.95. The molecule has 0 amide bonds. The van der Waals surface area contributed by atoms with Gasteiger partial charge in [-0.2, -0.15) is 0 Å². The molecule has 16 heavy (non-hydrogen) atoms. The molecular weight excluding hydrogens is 278 g/mol. The first kappa shape index (κ1) is 13.0. The number of rotatable bonds is 5. The highest BCUT2D eigenvalue weighted by Crippen LogP contribution is 2.21. The summed E-state index contributed by atoms with van der Waals surface area (Å²) >= 11 is 3.23. The number of pyridine rings is 1. The molecule has 88 valence electrons. The zero-order valence-corrected chi connectivity index (χ0v) is 10.3. The van der Waals surface area contributed by atoms with Gasteiger partial charge in [-0.05, 0) is 15.9 Å². The maximum atomic E-state index is 10.5. The number of halogens is 1. The first-order valence-corrected chi connectivity index (χ1v) is 5.37. The van der Waals surface area contributed by atoms with Crippen molar-refractivity contribution in [1.82, 2.24) is 4.98 Å². The van der Waals surface area contributed by atoms with Gasteiger partial charge in [-0.3, -0.25) is 15.1 Å². The third kappa shape index (κ3) is 3.51. The number of nitrogens with zero attached hydrogens (tertiary/aromatic N) is 2. The number of nitro groups is 1. The first-order chi connectivity index (χ1) is 7.54. The van der Waals surface area contributed by atoms with E-state index in [1.165, 1.54) is 12.3 Å². The summed E-state index contributed by atoms with van der Waals surface area (Å²) in [5.41, 5.74) is 6.41. The first-order valence-electron chi connectivity index (χ1n) is 4.58. The fourth-order valence-corrected chi connectivity index (χ4v) is 1.73. The summed E-state index contributed by atoms with van der Waals surface area (Å²) in [5.74, 6) is 0. The van der Waals surface area contributed by atoms with Crippen molar-refractivity contribution in [2.75, 3.05) is 13.7 Å². The van der Waals surface area contributed by atoms with E-state index < -0.39 is 4.92 Å². The SMILES string of the molecule is COCC(N)Cc1ncc([N+](=O)[O-])cc1Br. The van der Waals surface area contributed by atoms with Gasteiger partial charge in [0.1, 0.15) is 6.20 Å². The lowest BCUT2D eigenvalue weighted by atomic mass is 10.1. The summed E-state index contributed by atoms with van der Waals surface area (Å²) in [6, 6.07) is 1.25. The van der Waals surface area contributed by atoms with Crippen molar-refractivity contribution in [3.05, 3.63) is 32.5 Å². The molecule has 0 aliphatic heterocycles. The van der Waals surface area contributed by atoms with Crippen molar-refractivity contribution in [2.45, 2.75) is 12.5 Å². The molecular formula is C9H12BrN3O3. The second kappa shape index (κ2) is 5.88. The van der Waals surface area contributed by atoms with Gasteiger partial charge in [-0.15, -0.1) is 0 Å². The maximum absolute atomic E-state index is 10.5. The van der Waals surface area contributed by atoms with Crippen LogP contribution in [0.15, 0.2) is 16.7 Å². The Labute approximate surface area is 101 Å². The van der Waals surface area contributed by atoms with Crippen molar-refractivity contribution in [1.29, 1.82) is 0 Å². The van der Waals surface area contributed by atoms with Gasteiger partial charge in [0.05, 0.1) is 17.2 Å². The van der Waals surface area contributed by atoms with Gasteiger partial charge >= 0.3 is 0 Å². The maximum Gasteiger partial charge on any atom is 0.288 e. The van der Waals surface area contributed by atoms with Crippen LogP contribution in [-0.2, 0) is 11.2 Å². The molecule has 1 heterocycles. The van der Waals surface area contributed by atoms with Gasteiger partial charge < -0.3 is 10.5 Å². The molecule has 0 fully saturated rings. The lowest BCUT2D eigenvalue weighted by Gasteiger charge is -2.10. The molecule has 0 spiro atoms. The lowest BCUT2D eigenvalue weighted by Crippen LogP contribution is -2.28. The van der Waals surface area contributed by atoms with Crippen LogP contribution in [0.3, 0.4) is 0 Å². The number of ether oxygens (including phenoxy) is 1. The van der Waals surface area contributed by atoms with Crippen molar-refractivity contribution in [3.8, 4) is 0 Å². The summed E-state index contributed by atoms with van der Waals surface area (Å²) in [6.07, 6.45) is 1.73. The van der Waals surface area contributed by atoms with Crippen LogP contribution >= 0.6 is 15.9 Å². The van der Waals surface area contributed by atoms with E-state index in [0.717, 1.165) is 0 Å². The minimum atomic E-state index is -0.489. The van der Waals surface area contributed by atoms with Gasteiger partial charge in [-0.1, -0.05) is 0 Å². The van der Waals surface area contributed by atoms with Gasteiger partial charge in [0, 0.05) is 30.1 Å². The van der Waals surface area contributed by atoms with E-state index in [1.54, 1.807) is 7.11 Å². The zero-order valence-electron chi connectivity index (χ0n) is 8.72. The van der Waals surface area contributed by atoms with Gasteiger partial charge in [-0.25, -0.2) is 0 Å². The summed E-state index contributed by atoms with van der Waals surface area (Å²) in [4.78, 5) is 14.0. The van der Waals surface area contributed by atoms with E-state index in [1.807, 2.05) is 0 Å². The number of nitrogens with two attached hydrogens (primary N) is 1. The third-order valence-corrected chi connectivity index (χ3v) is 2.64. The Morgan fingerprint density at radius 3 is 2.94 bits per heavy atom. The van der Waals surface area contributed by atoms with Crippen molar-refractivity contribution >= 4 is 21.6 Å². The Hall–Kier alpha value is -1.05. The number of aromatic nitrogens is 1. The molecule has 0 aliphatic rings. The smallest absolute Gasteiger partial charge is 0.288 e. The van der Waals surface area contributed by atoms with Crippen LogP contribution in [0.4, 0.5) is 5.69 Å². The predicted molar refractivity (Wildman–Crippen MR) is 62.1 cm³/mol. The van der Waals surface area contributed by atoms with E-state index in [9.17, 15) is 10.1 Å². The minimum absolute atomic E-state index is 0.0454. The summed E-state index contributed by atoms with van der Waals surface area (Å²) in [6.45, 7) is 0.422. The largest absolute Gasteiger partial charge is 0.383 e. The fourth-order valence-electron chi connectivity index (χ4n) is 1.23. The minimum Gasteiger partial charge on any atom is -0.383 e. The van der Waals surface area contributed by atoms with Crippen LogP contribution < -0.4 is 5.73 Å². The van der Waals surface area contributed by atoms with Crippen molar-refractivity contribution in [2.24, 2.45) is 5.73 Å². The molecule has 1 aromatic heterocycles. The normalized spacial score (nSPS) is 12.4. The highest BCUT2D eigenvalue weighted by molar-refractivity contribution is 9.10. The predicted octanol–water partition coefficient (Wildman–Crippen LogP) is 1.27. The standard InChI is InChI=1S/C9H12BrN3O3/c1-16-5-6(11)2-9-8(10)3-7(4-12-9)13(14)15/h3-4,6H,2,5,11H2,1H3. The number of hydrogen-bond donors (Lipinski definition) is 1. The van der Waals surface area contributed by atoms with E-state index in [4.69, 9.17) is 10.5 Å². The van der Waals surface area contributed by atoms with Crippen LogP contribution in [0.2, 0.25) is 0 Å². The Kier molecular flexibility index (Phi) is 4.78. The molecule has 7 heteroatoms. The molecule has 1 atom stereocenters. The Morgan fingerprint density at radius 2 is 2.44 bits per heavy atom. The molecule has 0 saturated heterocycles. The molecule has 0 aliphatic carbocycles. The van der Waals surface area contributed by atoms with Crippen LogP contribution in [0.25, 0.3) is 0 Å². The average Bonchev–Trinajstić information content (AvgIpc) is 2.21. The molecule has 6 nitrogen and oxygen atoms in total. The second-order valence-electron chi connectivity index (χ2n) is 3.30. The molecule has 0 saturated carbocycles. The Morgan fingerprint density at radius 1 is 1.75 bits per heavy atom. The van der Waals surface area contributed by atoms with Crippen molar-refractivity contribution < 1.29 is 9.66 Å². The van der Waals surface area contributed by atoms with E-state index in [2.05, 4.69) is 20.9 Å². The van der Waals surface area contributed by atoms with E-state index in [0.29, 0.717) is 23.2 Å². The molecule has 1 rings (SSSR count). The molecule has 0 radical (unpaired) electrons. The van der Waals surface area contributed by atoms with Crippen LogP contribution in [0.1, 0.15) is 5.69 Å². The lowest BCUT2D eigenvalue weighted by molar-refractivity contribution is -0.385. The van der Waals surface area contributed by atoms with Gasteiger partial charge in [0.25, 0.3) is 5.69 Å². The monoisotopic (exact) mass is 289 g/mol. The fraction of sp³-hybridized carbons (Fsp3) is 0.444. The molecule has 1 unspecified atom stereocenters. The van der Waals surface area contributed by atoms with Gasteiger partial charge in [0.2, 0.25) is 0 Å². The Bertz CT molecular complexity index is 386. The van der Waals surface area contributed by atoms with Crippen LogP contribution in [0, 0.1) is 10.1 Å². The van der Waals surface area contributed by atoms with Crippen LogP contribution in [0.5, 0.6) is 0 Å². The zero-order chi connectivity index (χ0) is 12.1. The van der Waals surface area contributed by atoms with E-state index >= 15 is 0 Å².